The van der Waals surface area contributed by atoms with Gasteiger partial charge in [-0.05, 0) is 32.9 Å². The highest BCUT2D eigenvalue weighted by molar-refractivity contribution is 4.71. The molecule has 0 aromatic carbocycles. The van der Waals surface area contributed by atoms with Crippen LogP contribution in [0.2, 0.25) is 0 Å². The first-order valence-electron chi connectivity index (χ1n) is 6.57. The van der Waals surface area contributed by atoms with E-state index in [1.807, 2.05) is 0 Å². The largest absolute Gasteiger partial charge is 0.411 e. The number of nitrogens with zero attached hydrogens (tertiary/aromatic N) is 1. The molecule has 6 heteroatoms. The highest BCUT2D eigenvalue weighted by Crippen LogP contribution is 2.14. The van der Waals surface area contributed by atoms with Crippen LogP contribution in [0.15, 0.2) is 0 Å². The van der Waals surface area contributed by atoms with Gasteiger partial charge in [0, 0.05) is 19.1 Å². The number of hydrogen-bond donors (Lipinski definition) is 1. The summed E-state index contributed by atoms with van der Waals surface area (Å²) in [4.78, 5) is 2.40. The Morgan fingerprint density at radius 2 is 1.89 bits per heavy atom. The second kappa shape index (κ2) is 7.96. The zero-order valence-electron chi connectivity index (χ0n) is 10.9. The average Bonchev–Trinajstić information content (AvgIpc) is 2.28. The van der Waals surface area contributed by atoms with E-state index < -0.39 is 12.8 Å². The van der Waals surface area contributed by atoms with Gasteiger partial charge in [0.2, 0.25) is 0 Å². The highest BCUT2D eigenvalue weighted by atomic mass is 19.4. The normalized spacial score (nSPS) is 20.0. The number of alkyl halides is 3. The zero-order valence-corrected chi connectivity index (χ0v) is 10.9. The maximum Gasteiger partial charge on any atom is 0.411 e. The van der Waals surface area contributed by atoms with Gasteiger partial charge in [0.15, 0.2) is 0 Å². The van der Waals surface area contributed by atoms with Gasteiger partial charge in [0.25, 0.3) is 0 Å². The monoisotopic (exact) mass is 268 g/mol. The molecular weight excluding hydrogens is 245 g/mol. The van der Waals surface area contributed by atoms with Crippen LogP contribution in [0.3, 0.4) is 0 Å². The Labute approximate surface area is 107 Å². The Morgan fingerprint density at radius 3 is 2.50 bits per heavy atom. The summed E-state index contributed by atoms with van der Waals surface area (Å²) >= 11 is 0. The van der Waals surface area contributed by atoms with Crippen LogP contribution in [0.5, 0.6) is 0 Å². The fourth-order valence-corrected chi connectivity index (χ4v) is 2.16. The van der Waals surface area contributed by atoms with Crippen molar-refractivity contribution in [2.45, 2.75) is 38.4 Å². The van der Waals surface area contributed by atoms with Crippen molar-refractivity contribution >= 4 is 0 Å². The van der Waals surface area contributed by atoms with E-state index in [0.29, 0.717) is 6.54 Å². The van der Waals surface area contributed by atoms with Gasteiger partial charge in [-0.15, -0.1) is 0 Å². The van der Waals surface area contributed by atoms with Crippen molar-refractivity contribution in [3.8, 4) is 0 Å². The predicted octanol–water partition coefficient (Wildman–Crippen LogP) is 2.03. The summed E-state index contributed by atoms with van der Waals surface area (Å²) in [5, 5.41) is 3.18. The lowest BCUT2D eigenvalue weighted by Crippen LogP contribution is -2.42. The van der Waals surface area contributed by atoms with Crippen LogP contribution in [0.1, 0.15) is 26.2 Å². The number of piperidine rings is 1. The quantitative estimate of drug-likeness (QED) is 0.715. The number of likely N-dealkylation sites (tertiary alicyclic amines) is 1. The standard InChI is InChI=1S/C12H23F3N2O/c1-11(9-17-6-3-2-4-7-17)16-5-8-18-10-12(13,14)15/h11,16H,2-10H2,1H3. The number of nitrogens with one attached hydrogen (secondary N) is 1. The molecule has 0 radical (unpaired) electrons. The van der Waals surface area contributed by atoms with Crippen molar-refractivity contribution in [1.29, 1.82) is 0 Å². The van der Waals surface area contributed by atoms with E-state index in [4.69, 9.17) is 0 Å². The molecule has 1 rings (SSSR count). The summed E-state index contributed by atoms with van der Waals surface area (Å²) < 4.78 is 39.9. The first-order valence-corrected chi connectivity index (χ1v) is 6.57. The first kappa shape index (κ1) is 15.7. The Balaban J connectivity index is 1.97. The van der Waals surface area contributed by atoms with Gasteiger partial charge in [-0.25, -0.2) is 0 Å². The summed E-state index contributed by atoms with van der Waals surface area (Å²) in [5.41, 5.74) is 0. The molecule has 1 atom stereocenters. The molecule has 1 N–H and O–H groups in total. The molecule has 1 unspecified atom stereocenters. The molecule has 0 spiro atoms. The first-order chi connectivity index (χ1) is 8.47. The molecule has 1 aliphatic rings. The van der Waals surface area contributed by atoms with Crippen LogP contribution in [0.25, 0.3) is 0 Å². The molecule has 1 fully saturated rings. The van der Waals surface area contributed by atoms with E-state index in [1.165, 1.54) is 19.3 Å². The summed E-state index contributed by atoms with van der Waals surface area (Å²) in [6.07, 6.45) is -0.411. The summed E-state index contributed by atoms with van der Waals surface area (Å²) in [6, 6.07) is 0.289. The molecule has 0 saturated carbocycles. The van der Waals surface area contributed by atoms with Crippen molar-refractivity contribution in [2.24, 2.45) is 0 Å². The van der Waals surface area contributed by atoms with Crippen LogP contribution in [0, 0.1) is 0 Å². The number of rotatable bonds is 7. The summed E-state index contributed by atoms with van der Waals surface area (Å²) in [6.45, 7) is 4.69. The third-order valence-corrected chi connectivity index (χ3v) is 2.99. The van der Waals surface area contributed by atoms with Crippen molar-refractivity contribution in [3.05, 3.63) is 0 Å². The molecule has 0 aromatic heterocycles. The number of ether oxygens (including phenoxy) is 1. The van der Waals surface area contributed by atoms with Crippen molar-refractivity contribution in [2.75, 3.05) is 39.4 Å². The number of hydrogen-bond acceptors (Lipinski definition) is 3. The van der Waals surface area contributed by atoms with E-state index in [-0.39, 0.29) is 12.6 Å². The van der Waals surface area contributed by atoms with Gasteiger partial charge in [-0.1, -0.05) is 6.42 Å². The lowest BCUT2D eigenvalue weighted by atomic mass is 10.1. The van der Waals surface area contributed by atoms with E-state index >= 15 is 0 Å². The number of halogens is 3. The summed E-state index contributed by atoms with van der Waals surface area (Å²) in [5.74, 6) is 0. The van der Waals surface area contributed by atoms with Gasteiger partial charge < -0.3 is 15.0 Å². The lowest BCUT2D eigenvalue weighted by molar-refractivity contribution is -0.173. The van der Waals surface area contributed by atoms with E-state index in [9.17, 15) is 13.2 Å². The lowest BCUT2D eigenvalue weighted by Gasteiger charge is -2.29. The third-order valence-electron chi connectivity index (χ3n) is 2.99. The third kappa shape index (κ3) is 7.89. The van der Waals surface area contributed by atoms with Crippen LogP contribution in [-0.4, -0.2) is 56.5 Å². The summed E-state index contributed by atoms with van der Waals surface area (Å²) in [7, 11) is 0. The molecule has 1 aliphatic heterocycles. The molecule has 1 saturated heterocycles. The maximum absolute atomic E-state index is 11.8. The Kier molecular flexibility index (Phi) is 6.96. The van der Waals surface area contributed by atoms with Gasteiger partial charge in [0.1, 0.15) is 6.61 Å². The fourth-order valence-electron chi connectivity index (χ4n) is 2.16. The fraction of sp³-hybridized carbons (Fsp3) is 1.00. The minimum Gasteiger partial charge on any atom is -0.371 e. The Morgan fingerprint density at radius 1 is 1.22 bits per heavy atom. The van der Waals surface area contributed by atoms with E-state index in [2.05, 4.69) is 21.9 Å². The van der Waals surface area contributed by atoms with E-state index in [0.717, 1.165) is 19.6 Å². The molecule has 0 aliphatic carbocycles. The molecule has 0 aromatic rings. The molecule has 3 nitrogen and oxygen atoms in total. The van der Waals surface area contributed by atoms with Crippen molar-refractivity contribution in [3.63, 3.8) is 0 Å². The molecule has 108 valence electrons. The SMILES string of the molecule is CC(CN1CCCCC1)NCCOCC(F)(F)F. The Hall–Kier alpha value is -0.330. The highest BCUT2D eigenvalue weighted by Gasteiger charge is 2.27. The maximum atomic E-state index is 11.8. The second-order valence-corrected chi connectivity index (χ2v) is 4.88. The van der Waals surface area contributed by atoms with Gasteiger partial charge in [-0.3, -0.25) is 0 Å². The van der Waals surface area contributed by atoms with Gasteiger partial charge in [0.05, 0.1) is 6.61 Å². The van der Waals surface area contributed by atoms with Crippen LogP contribution >= 0.6 is 0 Å². The minimum absolute atomic E-state index is 0.101. The van der Waals surface area contributed by atoms with E-state index in [1.54, 1.807) is 0 Å². The predicted molar refractivity (Wildman–Crippen MR) is 64.6 cm³/mol. The Bertz CT molecular complexity index is 218. The topological polar surface area (TPSA) is 24.5 Å². The smallest absolute Gasteiger partial charge is 0.371 e. The molecule has 0 amide bonds. The average molecular weight is 268 g/mol. The van der Waals surface area contributed by atoms with Crippen LogP contribution < -0.4 is 5.32 Å². The molecular formula is C12H23F3N2O. The molecule has 18 heavy (non-hydrogen) atoms. The van der Waals surface area contributed by atoms with Crippen molar-refractivity contribution in [1.82, 2.24) is 10.2 Å². The van der Waals surface area contributed by atoms with Gasteiger partial charge in [-0.2, -0.15) is 13.2 Å². The minimum atomic E-state index is -4.22. The second-order valence-electron chi connectivity index (χ2n) is 4.88. The zero-order chi connectivity index (χ0) is 13.4. The van der Waals surface area contributed by atoms with Crippen molar-refractivity contribution < 1.29 is 17.9 Å². The molecule has 0 bridgehead atoms. The van der Waals surface area contributed by atoms with Crippen LogP contribution in [-0.2, 0) is 4.74 Å². The van der Waals surface area contributed by atoms with Crippen LogP contribution in [0.4, 0.5) is 13.2 Å². The molecule has 1 heterocycles. The van der Waals surface area contributed by atoms with Gasteiger partial charge >= 0.3 is 6.18 Å².